The topological polar surface area (TPSA) is 12.9 Å². The van der Waals surface area contributed by atoms with Crippen molar-refractivity contribution in [1.82, 2.24) is 4.98 Å². The molecule has 1 rings (SSSR count). The van der Waals surface area contributed by atoms with Gasteiger partial charge in [-0.1, -0.05) is 18.8 Å². The van der Waals surface area contributed by atoms with Gasteiger partial charge in [-0.2, -0.15) is 18.6 Å². The maximum Gasteiger partial charge on any atom is 0 e. The number of aromatic nitrogens is 1. The van der Waals surface area contributed by atoms with Crippen LogP contribution in [0.3, 0.4) is 0 Å². The Balaban J connectivity index is 0.000000810. The normalized spacial score (nSPS) is 8.50. The van der Waals surface area contributed by atoms with E-state index < -0.39 is 0 Å². The minimum Gasteiger partial charge on any atom is -0.394 e. The Kier molecular flexibility index (Phi) is 6.15. The summed E-state index contributed by atoms with van der Waals surface area (Å²) in [5, 5.41) is 0. The molecule has 0 atom stereocenters. The zero-order chi connectivity index (χ0) is 6.53. The van der Waals surface area contributed by atoms with Crippen molar-refractivity contribution in [1.29, 1.82) is 0 Å². The maximum atomic E-state index is 3.85. The van der Waals surface area contributed by atoms with Gasteiger partial charge in [0, 0.05) is 32.7 Å². The van der Waals surface area contributed by atoms with Crippen molar-refractivity contribution in [2.75, 3.05) is 0 Å². The predicted molar refractivity (Wildman–Crippen MR) is 36.8 cm³/mol. The van der Waals surface area contributed by atoms with E-state index in [0.717, 1.165) is 18.4 Å². The fraction of sp³-hybridized carbons (Fsp3) is 0.250. The molecule has 1 aromatic rings. The molecule has 0 aliphatic heterocycles. The molecule has 1 radical (unpaired) electrons. The van der Waals surface area contributed by atoms with Crippen LogP contribution in [-0.4, -0.2) is 4.98 Å². The smallest absolute Gasteiger partial charge is 0 e. The number of rotatable bonds is 2. The van der Waals surface area contributed by atoms with Crippen molar-refractivity contribution in [3.63, 3.8) is 0 Å². The molecule has 0 N–H and O–H groups in total. The van der Waals surface area contributed by atoms with E-state index in [1.165, 1.54) is 0 Å². The van der Waals surface area contributed by atoms with Gasteiger partial charge in [0.05, 0.1) is 0 Å². The molecule has 10 heavy (non-hydrogen) atoms. The first-order valence-electron chi connectivity index (χ1n) is 3.04. The summed E-state index contributed by atoms with van der Waals surface area (Å²) in [4.78, 5) is 3.85. The van der Waals surface area contributed by atoms with Crippen LogP contribution in [0.5, 0.6) is 0 Å². The zero-order valence-electron chi connectivity index (χ0n) is 5.88. The quantitative estimate of drug-likeness (QED) is 0.673. The minimum atomic E-state index is 0. The molecule has 1 heterocycles. The van der Waals surface area contributed by atoms with E-state index in [1.807, 2.05) is 12.1 Å². The van der Waals surface area contributed by atoms with Gasteiger partial charge in [-0.15, -0.1) is 5.56 Å². The Morgan fingerprint density at radius 1 is 1.60 bits per heavy atom. The number of hydrogen-bond donors (Lipinski definition) is 0. The largest absolute Gasteiger partial charge is 0.394 e. The summed E-state index contributed by atoms with van der Waals surface area (Å²) in [6.45, 7) is 3.73. The number of hydrogen-bond acceptors (Lipinski definition) is 1. The van der Waals surface area contributed by atoms with Crippen LogP contribution >= 0.6 is 0 Å². The number of nitrogens with zero attached hydrogens (tertiary/aromatic N) is 1. The van der Waals surface area contributed by atoms with Gasteiger partial charge >= 0.3 is 0 Å². The van der Waals surface area contributed by atoms with Gasteiger partial charge in [-0.25, -0.2) is 0 Å². The molecule has 0 aliphatic carbocycles. The van der Waals surface area contributed by atoms with Crippen LogP contribution in [0.4, 0.5) is 0 Å². The maximum absolute atomic E-state index is 3.85. The average Bonchev–Trinajstić information content (AvgIpc) is 1.91. The zero-order valence-corrected chi connectivity index (χ0v) is 8.72. The Morgan fingerprint density at radius 2 is 2.40 bits per heavy atom. The van der Waals surface area contributed by atoms with E-state index in [4.69, 9.17) is 0 Å². The second-order valence-electron chi connectivity index (χ2n) is 1.88. The molecule has 0 aromatic carbocycles. The van der Waals surface area contributed by atoms with Crippen molar-refractivity contribution >= 4 is 0 Å². The molecule has 0 unspecified atom stereocenters. The Bertz CT molecular complexity index is 162. The standard InChI is InChI=1S/C8H9N.Y/c1-2-4-8-5-3-6-9-7-8;/h3,5-6H,1-2,4H2;/q-2;. The van der Waals surface area contributed by atoms with Crippen LogP contribution in [0.2, 0.25) is 0 Å². The van der Waals surface area contributed by atoms with Crippen molar-refractivity contribution in [3.8, 4) is 0 Å². The molecule has 1 nitrogen and oxygen atoms in total. The summed E-state index contributed by atoms with van der Waals surface area (Å²) in [5.41, 5.74) is 1.15. The van der Waals surface area contributed by atoms with Gasteiger partial charge < -0.3 is 11.9 Å². The third-order valence-electron chi connectivity index (χ3n) is 1.11. The van der Waals surface area contributed by atoms with Crippen LogP contribution in [-0.2, 0) is 39.1 Å². The molecule has 0 bridgehead atoms. The predicted octanol–water partition coefficient (Wildman–Crippen LogP) is 1.65. The Hall–Kier alpha value is 0.254. The van der Waals surface area contributed by atoms with Gasteiger partial charge in [0.1, 0.15) is 0 Å². The third-order valence-corrected chi connectivity index (χ3v) is 1.11. The molecular weight excluding hydrogens is 199 g/mol. The Morgan fingerprint density at radius 3 is 2.90 bits per heavy atom. The summed E-state index contributed by atoms with van der Waals surface area (Å²) < 4.78 is 0. The number of pyridine rings is 1. The second kappa shape index (κ2) is 6.00. The number of aryl methyl sites for hydroxylation is 1. The molecule has 0 amide bonds. The summed E-state index contributed by atoms with van der Waals surface area (Å²) in [7, 11) is 0. The fourth-order valence-corrected chi connectivity index (χ4v) is 0.689. The van der Waals surface area contributed by atoms with E-state index in [2.05, 4.69) is 18.1 Å². The van der Waals surface area contributed by atoms with Gasteiger partial charge in [0.15, 0.2) is 0 Å². The molecule has 0 fully saturated rings. The first kappa shape index (κ1) is 10.3. The van der Waals surface area contributed by atoms with E-state index in [1.54, 1.807) is 6.20 Å². The van der Waals surface area contributed by atoms with E-state index in [0.29, 0.717) is 0 Å². The monoisotopic (exact) mass is 208 g/mol. The van der Waals surface area contributed by atoms with Crippen LogP contribution < -0.4 is 0 Å². The summed E-state index contributed by atoms with van der Waals surface area (Å²) in [5.74, 6) is 0. The van der Waals surface area contributed by atoms with Crippen LogP contribution in [0, 0.1) is 13.1 Å². The van der Waals surface area contributed by atoms with Crippen molar-refractivity contribution in [2.24, 2.45) is 0 Å². The molecule has 0 aliphatic rings. The molecule has 51 valence electrons. The van der Waals surface area contributed by atoms with Gasteiger partial charge in [-0.05, 0) is 0 Å². The van der Waals surface area contributed by atoms with E-state index >= 15 is 0 Å². The Labute approximate surface area is 87.1 Å². The van der Waals surface area contributed by atoms with Gasteiger partial charge in [-0.3, -0.25) is 0 Å². The first-order valence-corrected chi connectivity index (χ1v) is 3.04. The van der Waals surface area contributed by atoms with Crippen molar-refractivity contribution in [3.05, 3.63) is 37.0 Å². The van der Waals surface area contributed by atoms with Gasteiger partial charge in [0.2, 0.25) is 0 Å². The van der Waals surface area contributed by atoms with Crippen molar-refractivity contribution < 1.29 is 32.7 Å². The third kappa shape index (κ3) is 3.43. The molecule has 1 aromatic heterocycles. The SMILES string of the molecule is [CH2-]CCc1[c-]nccc1.[Y]. The van der Waals surface area contributed by atoms with E-state index in [9.17, 15) is 0 Å². The average molecular weight is 208 g/mol. The first-order chi connectivity index (χ1) is 4.43. The van der Waals surface area contributed by atoms with E-state index in [-0.39, 0.29) is 32.7 Å². The minimum absolute atomic E-state index is 0. The van der Waals surface area contributed by atoms with Crippen LogP contribution in [0.15, 0.2) is 18.3 Å². The summed E-state index contributed by atoms with van der Waals surface area (Å²) in [6.07, 6.45) is 6.51. The molecule has 2 heteroatoms. The summed E-state index contributed by atoms with van der Waals surface area (Å²) in [6, 6.07) is 3.93. The van der Waals surface area contributed by atoms with Crippen LogP contribution in [0.1, 0.15) is 12.0 Å². The molecule has 0 spiro atoms. The summed E-state index contributed by atoms with van der Waals surface area (Å²) >= 11 is 0. The molecule has 0 saturated carbocycles. The van der Waals surface area contributed by atoms with Crippen molar-refractivity contribution in [2.45, 2.75) is 12.8 Å². The van der Waals surface area contributed by atoms with Crippen LogP contribution in [0.25, 0.3) is 0 Å². The molecule has 0 saturated heterocycles. The van der Waals surface area contributed by atoms with Gasteiger partial charge in [0.25, 0.3) is 0 Å². The fourth-order valence-electron chi connectivity index (χ4n) is 0.689. The second-order valence-corrected chi connectivity index (χ2v) is 1.88. The molecular formula is C8H9NY-2.